The molecule has 1 aromatic carbocycles. The Morgan fingerprint density at radius 2 is 2.00 bits per heavy atom. The highest BCUT2D eigenvalue weighted by Crippen LogP contribution is 2.27. The largest absolute Gasteiger partial charge is 0.494 e. The Morgan fingerprint density at radius 1 is 1.19 bits per heavy atom. The average molecular weight is 431 g/mol. The Hall–Kier alpha value is -3.27. The first kappa shape index (κ1) is 21.0. The molecule has 1 aliphatic heterocycles. The van der Waals surface area contributed by atoms with Gasteiger partial charge in [0.2, 0.25) is 5.95 Å². The fraction of sp³-hybridized carbons (Fsp3) is 0.381. The van der Waals surface area contributed by atoms with Crippen molar-refractivity contribution in [3.8, 4) is 11.5 Å². The number of methoxy groups -OCH3 is 1. The Kier molecular flexibility index (Phi) is 6.26. The van der Waals surface area contributed by atoms with Crippen molar-refractivity contribution in [2.45, 2.75) is 39.0 Å². The van der Waals surface area contributed by atoms with Crippen LogP contribution in [-0.2, 0) is 11.3 Å². The van der Waals surface area contributed by atoms with Crippen LogP contribution < -0.4 is 14.8 Å². The summed E-state index contributed by atoms with van der Waals surface area (Å²) in [4.78, 5) is 8.35. The molecular weight excluding hydrogens is 408 g/mol. The molecule has 1 saturated heterocycles. The van der Waals surface area contributed by atoms with Crippen molar-refractivity contribution in [1.29, 1.82) is 0 Å². The van der Waals surface area contributed by atoms with Crippen LogP contribution >= 0.6 is 0 Å². The van der Waals surface area contributed by atoms with Crippen molar-refractivity contribution in [1.82, 2.24) is 19.7 Å². The van der Waals surface area contributed by atoms with Crippen LogP contribution in [0, 0.1) is 18.6 Å². The first-order valence-corrected chi connectivity index (χ1v) is 9.94. The van der Waals surface area contributed by atoms with E-state index >= 15 is 0 Å². The third kappa shape index (κ3) is 4.74. The van der Waals surface area contributed by atoms with Gasteiger partial charge < -0.3 is 19.5 Å². The molecule has 1 fully saturated rings. The van der Waals surface area contributed by atoms with Crippen LogP contribution in [0.4, 0.5) is 20.4 Å². The predicted molar refractivity (Wildman–Crippen MR) is 108 cm³/mol. The highest BCUT2D eigenvalue weighted by Gasteiger charge is 2.19. The highest BCUT2D eigenvalue weighted by atomic mass is 19.1. The fourth-order valence-corrected chi connectivity index (χ4v) is 3.31. The second kappa shape index (κ2) is 9.25. The van der Waals surface area contributed by atoms with Crippen molar-refractivity contribution in [3.63, 3.8) is 0 Å². The lowest BCUT2D eigenvalue weighted by atomic mass is 10.1. The number of aryl methyl sites for hydroxylation is 1. The number of hydrogen-bond donors (Lipinski definition) is 1. The molecule has 1 N–H and O–H groups in total. The van der Waals surface area contributed by atoms with Gasteiger partial charge in [0.1, 0.15) is 18.7 Å². The molecule has 0 spiro atoms. The number of nitrogens with zero attached hydrogens (tertiary/aromatic N) is 4. The van der Waals surface area contributed by atoms with Gasteiger partial charge >= 0.3 is 0 Å². The maximum atomic E-state index is 14.4. The molecular formula is C21H23F2N5O3. The lowest BCUT2D eigenvalue weighted by Crippen LogP contribution is -2.18. The number of aromatic nitrogens is 4. The van der Waals surface area contributed by atoms with E-state index in [4.69, 9.17) is 14.2 Å². The summed E-state index contributed by atoms with van der Waals surface area (Å²) in [6.45, 7) is 1.95. The monoisotopic (exact) mass is 431 g/mol. The van der Waals surface area contributed by atoms with E-state index in [1.54, 1.807) is 10.9 Å². The van der Waals surface area contributed by atoms with Crippen molar-refractivity contribution >= 4 is 11.6 Å². The molecule has 31 heavy (non-hydrogen) atoms. The quantitative estimate of drug-likeness (QED) is 0.597. The molecule has 4 rings (SSSR count). The number of halogens is 2. The van der Waals surface area contributed by atoms with E-state index in [1.165, 1.54) is 32.5 Å². The van der Waals surface area contributed by atoms with E-state index in [1.807, 2.05) is 6.20 Å². The van der Waals surface area contributed by atoms with Gasteiger partial charge in [-0.05, 0) is 37.8 Å². The van der Waals surface area contributed by atoms with Gasteiger partial charge in [0.05, 0.1) is 43.1 Å². The van der Waals surface area contributed by atoms with Crippen LogP contribution in [0.5, 0.6) is 11.5 Å². The van der Waals surface area contributed by atoms with Gasteiger partial charge in [-0.2, -0.15) is 5.10 Å². The van der Waals surface area contributed by atoms with Gasteiger partial charge in [-0.3, -0.25) is 0 Å². The average Bonchev–Trinajstić information content (AvgIpc) is 3.26. The molecule has 0 aliphatic carbocycles. The van der Waals surface area contributed by atoms with E-state index in [-0.39, 0.29) is 35.5 Å². The van der Waals surface area contributed by atoms with Gasteiger partial charge in [0.25, 0.3) is 0 Å². The van der Waals surface area contributed by atoms with Crippen molar-refractivity contribution in [2.24, 2.45) is 0 Å². The topological polar surface area (TPSA) is 83.3 Å². The van der Waals surface area contributed by atoms with Crippen LogP contribution in [0.1, 0.15) is 36.6 Å². The van der Waals surface area contributed by atoms with Gasteiger partial charge in [0.15, 0.2) is 17.3 Å². The Labute approximate surface area is 178 Å². The molecule has 0 bridgehead atoms. The van der Waals surface area contributed by atoms with E-state index in [9.17, 15) is 8.78 Å². The molecule has 1 atom stereocenters. The summed E-state index contributed by atoms with van der Waals surface area (Å²) in [7, 11) is 1.33. The van der Waals surface area contributed by atoms with E-state index in [2.05, 4.69) is 20.4 Å². The van der Waals surface area contributed by atoms with Crippen LogP contribution in [0.15, 0.2) is 30.9 Å². The molecule has 0 radical (unpaired) electrons. The van der Waals surface area contributed by atoms with E-state index < -0.39 is 11.6 Å². The lowest BCUT2D eigenvalue weighted by Gasteiger charge is -2.22. The summed E-state index contributed by atoms with van der Waals surface area (Å²) in [5, 5.41) is 7.37. The second-order valence-corrected chi connectivity index (χ2v) is 7.19. The van der Waals surface area contributed by atoms with Gasteiger partial charge in [0, 0.05) is 6.61 Å². The zero-order valence-corrected chi connectivity index (χ0v) is 17.3. The molecule has 3 heterocycles. The zero-order valence-electron chi connectivity index (χ0n) is 17.3. The van der Waals surface area contributed by atoms with Crippen LogP contribution in [0.3, 0.4) is 0 Å². The number of anilines is 2. The van der Waals surface area contributed by atoms with Crippen LogP contribution in [0.25, 0.3) is 0 Å². The first-order chi connectivity index (χ1) is 15.0. The fourth-order valence-electron chi connectivity index (χ4n) is 3.31. The summed E-state index contributed by atoms with van der Waals surface area (Å²) < 4.78 is 46.5. The zero-order chi connectivity index (χ0) is 21.8. The Balaban J connectivity index is 1.38. The third-order valence-corrected chi connectivity index (χ3v) is 4.98. The van der Waals surface area contributed by atoms with Crippen LogP contribution in [0.2, 0.25) is 0 Å². The molecule has 3 aromatic rings. The predicted octanol–water partition coefficient (Wildman–Crippen LogP) is 4.29. The number of benzene rings is 1. The highest BCUT2D eigenvalue weighted by molar-refractivity contribution is 5.50. The van der Waals surface area contributed by atoms with Crippen molar-refractivity contribution in [3.05, 3.63) is 53.6 Å². The number of nitrogens with one attached hydrogen (secondary N) is 1. The van der Waals surface area contributed by atoms with Crippen molar-refractivity contribution < 1.29 is 23.0 Å². The summed E-state index contributed by atoms with van der Waals surface area (Å²) in [5.41, 5.74) is 0.780. The van der Waals surface area contributed by atoms with Gasteiger partial charge in [-0.1, -0.05) is 0 Å². The summed E-state index contributed by atoms with van der Waals surface area (Å²) in [6.07, 6.45) is 9.41. The molecule has 0 amide bonds. The van der Waals surface area contributed by atoms with Crippen molar-refractivity contribution in [2.75, 3.05) is 19.0 Å². The summed E-state index contributed by atoms with van der Waals surface area (Å²) in [6, 6.07) is 1.31. The minimum atomic E-state index is -0.788. The Morgan fingerprint density at radius 3 is 2.71 bits per heavy atom. The summed E-state index contributed by atoms with van der Waals surface area (Å²) >= 11 is 0. The maximum Gasteiger partial charge on any atom is 0.227 e. The lowest BCUT2D eigenvalue weighted by molar-refractivity contribution is -0.0394. The molecule has 2 aromatic heterocycles. The standard InChI is InChI=1S/C21H23F2N5O3/c1-13-7-17(29-2)20(23)16(19(13)22)12-31-15-9-24-21(25-10-15)27-14-8-26-28(11-14)18-5-3-4-6-30-18/h7-11,18H,3-6,12H2,1-2H3,(H,24,25,27). The minimum Gasteiger partial charge on any atom is -0.494 e. The minimum absolute atomic E-state index is 0.0347. The van der Waals surface area contributed by atoms with Gasteiger partial charge in [-0.25, -0.2) is 23.4 Å². The number of rotatable bonds is 7. The normalized spacial score (nSPS) is 16.2. The second-order valence-electron chi connectivity index (χ2n) is 7.19. The van der Waals surface area contributed by atoms with Gasteiger partial charge in [-0.15, -0.1) is 0 Å². The number of hydrogen-bond acceptors (Lipinski definition) is 7. The molecule has 1 aliphatic rings. The first-order valence-electron chi connectivity index (χ1n) is 9.94. The smallest absolute Gasteiger partial charge is 0.227 e. The third-order valence-electron chi connectivity index (χ3n) is 4.98. The van der Waals surface area contributed by atoms with E-state index in [0.717, 1.165) is 31.6 Å². The van der Waals surface area contributed by atoms with E-state index in [0.29, 0.717) is 5.95 Å². The molecule has 164 valence electrons. The molecule has 8 nitrogen and oxygen atoms in total. The Bertz CT molecular complexity index is 1040. The molecule has 0 saturated carbocycles. The number of ether oxygens (including phenoxy) is 3. The molecule has 10 heteroatoms. The SMILES string of the molecule is COc1cc(C)c(F)c(COc2cnc(Nc3cnn(C4CCCCO4)c3)nc2)c1F. The maximum absolute atomic E-state index is 14.4. The molecule has 1 unspecified atom stereocenters. The summed E-state index contributed by atoms with van der Waals surface area (Å²) in [5.74, 6) is -0.880. The van der Waals surface area contributed by atoms with Crippen LogP contribution in [-0.4, -0.2) is 33.5 Å².